The SMILES string of the molecule is COc1ccc(C(OC(c2ccccc2)(c2ccc(OC)cc2)C(C)Oc2ccccc2)(c2ccccc2)C(C)Oc2ccccc2)cc1. The van der Waals surface area contributed by atoms with Crippen LogP contribution in [0.5, 0.6) is 23.0 Å². The van der Waals surface area contributed by atoms with Gasteiger partial charge in [-0.1, -0.05) is 121 Å². The van der Waals surface area contributed by atoms with Crippen LogP contribution in [0.3, 0.4) is 0 Å². The molecule has 0 spiro atoms. The Bertz CT molecular complexity index is 1720. The predicted molar refractivity (Wildman–Crippen MR) is 195 cm³/mol. The zero-order chi connectivity index (χ0) is 34.1. The molecule has 0 N–H and O–H groups in total. The van der Waals surface area contributed by atoms with Crippen LogP contribution in [0.2, 0.25) is 0 Å². The Kier molecular flexibility index (Phi) is 10.3. The van der Waals surface area contributed by atoms with E-state index in [9.17, 15) is 0 Å². The summed E-state index contributed by atoms with van der Waals surface area (Å²) in [6.07, 6.45) is -1.09. The Morgan fingerprint density at radius 3 is 0.939 bits per heavy atom. The van der Waals surface area contributed by atoms with Crippen LogP contribution in [0, 0.1) is 0 Å². The molecule has 0 aromatic heterocycles. The Hall–Kier alpha value is -5.52. The summed E-state index contributed by atoms with van der Waals surface area (Å²) in [7, 11) is 3.34. The molecule has 248 valence electrons. The van der Waals surface area contributed by atoms with Gasteiger partial charge in [0.05, 0.1) is 14.2 Å². The maximum atomic E-state index is 8.05. The van der Waals surface area contributed by atoms with Crippen molar-refractivity contribution >= 4 is 0 Å². The molecule has 6 aromatic rings. The molecule has 0 aliphatic carbocycles. The predicted octanol–water partition coefficient (Wildman–Crippen LogP) is 9.84. The third-order valence-electron chi connectivity index (χ3n) is 9.02. The van der Waals surface area contributed by atoms with Gasteiger partial charge in [-0.15, -0.1) is 0 Å². The summed E-state index contributed by atoms with van der Waals surface area (Å²) in [4.78, 5) is 0. The second-order valence-corrected chi connectivity index (χ2v) is 11.9. The van der Waals surface area contributed by atoms with Crippen molar-refractivity contribution in [2.24, 2.45) is 0 Å². The number of hydrogen-bond donors (Lipinski definition) is 0. The number of hydrogen-bond acceptors (Lipinski definition) is 5. The van der Waals surface area contributed by atoms with Crippen LogP contribution in [0.25, 0.3) is 0 Å². The quantitative estimate of drug-likeness (QED) is 0.117. The molecule has 6 aromatic carbocycles. The lowest BCUT2D eigenvalue weighted by Gasteiger charge is -2.49. The molecule has 49 heavy (non-hydrogen) atoms. The van der Waals surface area contributed by atoms with Gasteiger partial charge in [0.1, 0.15) is 35.2 Å². The minimum absolute atomic E-state index is 0.545. The maximum Gasteiger partial charge on any atom is 0.156 e. The summed E-state index contributed by atoms with van der Waals surface area (Å²) >= 11 is 0. The lowest BCUT2D eigenvalue weighted by atomic mass is 9.76. The van der Waals surface area contributed by atoms with Crippen LogP contribution in [-0.2, 0) is 15.9 Å². The van der Waals surface area contributed by atoms with Gasteiger partial charge in [0, 0.05) is 0 Å². The van der Waals surface area contributed by atoms with Gasteiger partial charge in [-0.25, -0.2) is 0 Å². The molecule has 0 bridgehead atoms. The molecule has 4 unspecified atom stereocenters. The van der Waals surface area contributed by atoms with Gasteiger partial charge in [-0.2, -0.15) is 0 Å². The highest BCUT2D eigenvalue weighted by Gasteiger charge is 2.54. The number of rotatable bonds is 14. The zero-order valence-corrected chi connectivity index (χ0v) is 28.4. The van der Waals surface area contributed by atoms with Gasteiger partial charge < -0.3 is 23.7 Å². The van der Waals surface area contributed by atoms with Crippen molar-refractivity contribution < 1.29 is 23.7 Å². The van der Waals surface area contributed by atoms with Crippen molar-refractivity contribution in [3.63, 3.8) is 0 Å². The minimum Gasteiger partial charge on any atom is -0.497 e. The van der Waals surface area contributed by atoms with E-state index < -0.39 is 23.4 Å². The summed E-state index contributed by atoms with van der Waals surface area (Å²) in [5.74, 6) is 2.95. The summed E-state index contributed by atoms with van der Waals surface area (Å²) in [5, 5.41) is 0. The number of benzene rings is 6. The molecule has 5 nitrogen and oxygen atoms in total. The molecule has 0 saturated heterocycles. The third-order valence-corrected chi connectivity index (χ3v) is 9.02. The average Bonchev–Trinajstić information content (AvgIpc) is 3.17. The van der Waals surface area contributed by atoms with Crippen molar-refractivity contribution in [3.05, 3.63) is 192 Å². The first kappa shape index (κ1) is 33.4. The summed E-state index contributed by atoms with van der Waals surface area (Å²) in [6.45, 7) is 4.13. The van der Waals surface area contributed by atoms with Gasteiger partial charge in [0.2, 0.25) is 0 Å². The topological polar surface area (TPSA) is 46.2 Å². The molecule has 0 aliphatic heterocycles. The van der Waals surface area contributed by atoms with E-state index in [1.54, 1.807) is 14.2 Å². The molecular weight excluding hydrogens is 608 g/mol. The molecule has 0 aliphatic rings. The lowest BCUT2D eigenvalue weighted by Crippen LogP contribution is -2.55. The molecular formula is C44H42O5. The van der Waals surface area contributed by atoms with Gasteiger partial charge in [0.15, 0.2) is 11.2 Å². The fourth-order valence-electron chi connectivity index (χ4n) is 6.55. The highest BCUT2D eigenvalue weighted by Crippen LogP contribution is 2.50. The van der Waals surface area contributed by atoms with Crippen LogP contribution < -0.4 is 18.9 Å². The minimum atomic E-state index is -1.19. The molecule has 0 radical (unpaired) electrons. The fourth-order valence-corrected chi connectivity index (χ4v) is 6.55. The molecule has 0 fully saturated rings. The summed E-state index contributed by atoms with van der Waals surface area (Å²) < 4.78 is 33.0. The van der Waals surface area contributed by atoms with E-state index in [1.165, 1.54) is 0 Å². The Morgan fingerprint density at radius 2 is 0.633 bits per heavy atom. The van der Waals surface area contributed by atoms with E-state index in [4.69, 9.17) is 23.7 Å². The highest BCUT2D eigenvalue weighted by molar-refractivity contribution is 5.46. The van der Waals surface area contributed by atoms with Crippen molar-refractivity contribution in [1.82, 2.24) is 0 Å². The van der Waals surface area contributed by atoms with Crippen LogP contribution in [-0.4, -0.2) is 26.4 Å². The van der Waals surface area contributed by atoms with E-state index >= 15 is 0 Å². The van der Waals surface area contributed by atoms with E-state index in [2.05, 4.69) is 62.4 Å². The van der Waals surface area contributed by atoms with E-state index in [1.807, 2.05) is 121 Å². The van der Waals surface area contributed by atoms with Crippen molar-refractivity contribution in [1.29, 1.82) is 0 Å². The van der Waals surface area contributed by atoms with Gasteiger partial charge in [0.25, 0.3) is 0 Å². The first-order valence-corrected chi connectivity index (χ1v) is 16.5. The second-order valence-electron chi connectivity index (χ2n) is 11.9. The van der Waals surface area contributed by atoms with Crippen LogP contribution in [0.15, 0.2) is 170 Å². The summed E-state index contributed by atoms with van der Waals surface area (Å²) in [6, 6.07) is 56.4. The van der Waals surface area contributed by atoms with Crippen molar-refractivity contribution in [3.8, 4) is 23.0 Å². The van der Waals surface area contributed by atoms with Crippen LogP contribution in [0.4, 0.5) is 0 Å². The fraction of sp³-hybridized carbons (Fsp3) is 0.182. The molecule has 5 heteroatoms. The largest absolute Gasteiger partial charge is 0.497 e. The second kappa shape index (κ2) is 15.1. The molecule has 0 amide bonds. The summed E-state index contributed by atoms with van der Waals surface area (Å²) in [5.41, 5.74) is 1.25. The molecule has 4 atom stereocenters. The Morgan fingerprint density at radius 1 is 0.347 bits per heavy atom. The first-order chi connectivity index (χ1) is 24.0. The molecule has 0 heterocycles. The van der Waals surface area contributed by atoms with E-state index in [0.29, 0.717) is 0 Å². The van der Waals surface area contributed by atoms with Crippen molar-refractivity contribution in [2.45, 2.75) is 37.3 Å². The Balaban J connectivity index is 1.67. The number of methoxy groups -OCH3 is 2. The van der Waals surface area contributed by atoms with Crippen molar-refractivity contribution in [2.75, 3.05) is 14.2 Å². The van der Waals surface area contributed by atoms with E-state index in [-0.39, 0.29) is 0 Å². The third kappa shape index (κ3) is 6.89. The normalized spacial score (nSPS) is 14.8. The van der Waals surface area contributed by atoms with Gasteiger partial charge >= 0.3 is 0 Å². The van der Waals surface area contributed by atoms with Crippen LogP contribution >= 0.6 is 0 Å². The smallest absolute Gasteiger partial charge is 0.156 e. The van der Waals surface area contributed by atoms with E-state index in [0.717, 1.165) is 45.3 Å². The van der Waals surface area contributed by atoms with Crippen LogP contribution in [0.1, 0.15) is 36.1 Å². The number of ether oxygens (including phenoxy) is 5. The lowest BCUT2D eigenvalue weighted by molar-refractivity contribution is -0.195. The monoisotopic (exact) mass is 650 g/mol. The number of para-hydroxylation sites is 2. The zero-order valence-electron chi connectivity index (χ0n) is 28.4. The molecule has 0 saturated carbocycles. The standard InChI is InChI=1S/C44H42O5/c1-33(47-41-21-13-7-14-22-41)43(35-17-9-5-10-18-35,37-25-29-39(45-3)30-26-37)49-44(36-19-11-6-12-20-36,38-27-31-40(46-4)32-28-38)34(2)48-42-23-15-8-16-24-42/h5-34H,1-4H3. The highest BCUT2D eigenvalue weighted by atomic mass is 16.6. The Labute approximate surface area is 289 Å². The molecule has 6 rings (SSSR count). The van der Waals surface area contributed by atoms with Gasteiger partial charge in [-0.3, -0.25) is 0 Å². The van der Waals surface area contributed by atoms with Gasteiger partial charge in [-0.05, 0) is 84.6 Å². The average molecular weight is 651 g/mol. The maximum absolute atomic E-state index is 8.05. The first-order valence-electron chi connectivity index (χ1n) is 16.5.